The summed E-state index contributed by atoms with van der Waals surface area (Å²) in [5.41, 5.74) is 0.0668. The number of nitrogens with one attached hydrogen (secondary N) is 1. The zero-order chi connectivity index (χ0) is 12.3. The summed E-state index contributed by atoms with van der Waals surface area (Å²) in [5, 5.41) is 3.34. The van der Waals surface area contributed by atoms with Gasteiger partial charge in [0.15, 0.2) is 0 Å². The summed E-state index contributed by atoms with van der Waals surface area (Å²) in [6, 6.07) is 0.530. The molecular formula is C11H18N4O2. The average Bonchev–Trinajstić information content (AvgIpc) is 2.75. The first kappa shape index (κ1) is 11.9. The Morgan fingerprint density at radius 1 is 1.00 bits per heavy atom. The van der Waals surface area contributed by atoms with Crippen molar-refractivity contribution in [2.45, 2.75) is 38.1 Å². The summed E-state index contributed by atoms with van der Waals surface area (Å²) in [5.74, 6) is 0.512. The molecule has 0 bridgehead atoms. The lowest BCUT2D eigenvalue weighted by Gasteiger charge is -2.25. The third-order valence-corrected chi connectivity index (χ3v) is 3.08. The van der Waals surface area contributed by atoms with Crippen LogP contribution in [0.5, 0.6) is 12.0 Å². The number of ether oxygens (including phenoxy) is 2. The summed E-state index contributed by atoms with van der Waals surface area (Å²) in [4.78, 5) is 12.3. The molecule has 1 saturated carbocycles. The molecule has 1 aromatic rings. The zero-order valence-corrected chi connectivity index (χ0v) is 10.5. The number of hydrogen-bond donors (Lipinski definition) is 1. The van der Waals surface area contributed by atoms with Gasteiger partial charge in [0.1, 0.15) is 0 Å². The van der Waals surface area contributed by atoms with Crippen LogP contribution in [0.4, 0.5) is 5.95 Å². The Morgan fingerprint density at radius 3 is 2.00 bits per heavy atom. The zero-order valence-electron chi connectivity index (χ0n) is 10.5. The van der Waals surface area contributed by atoms with E-state index in [4.69, 9.17) is 9.47 Å². The van der Waals surface area contributed by atoms with Crippen molar-refractivity contribution >= 4 is 5.95 Å². The van der Waals surface area contributed by atoms with Crippen molar-refractivity contribution in [2.24, 2.45) is 0 Å². The Labute approximate surface area is 101 Å². The molecule has 1 aliphatic carbocycles. The highest BCUT2D eigenvalue weighted by Gasteiger charge is 2.29. The summed E-state index contributed by atoms with van der Waals surface area (Å²) < 4.78 is 10.0. The second-order valence-corrected chi connectivity index (χ2v) is 4.53. The Morgan fingerprint density at radius 2 is 1.53 bits per heavy atom. The number of methoxy groups -OCH3 is 2. The van der Waals surface area contributed by atoms with Crippen molar-refractivity contribution in [2.75, 3.05) is 19.5 Å². The summed E-state index contributed by atoms with van der Waals surface area (Å²) >= 11 is 0. The lowest BCUT2D eigenvalue weighted by molar-refractivity contribution is 0.340. The first-order valence-corrected chi connectivity index (χ1v) is 5.77. The maximum Gasteiger partial charge on any atom is 0.324 e. The predicted molar refractivity (Wildman–Crippen MR) is 63.4 cm³/mol. The molecule has 0 radical (unpaired) electrons. The molecule has 0 saturated heterocycles. The molecule has 0 aliphatic heterocycles. The van der Waals surface area contributed by atoms with E-state index in [1.54, 1.807) is 0 Å². The van der Waals surface area contributed by atoms with Crippen LogP contribution in [0.2, 0.25) is 0 Å². The minimum absolute atomic E-state index is 0.0668. The van der Waals surface area contributed by atoms with E-state index >= 15 is 0 Å². The molecular weight excluding hydrogens is 220 g/mol. The fraction of sp³-hybridized carbons (Fsp3) is 0.727. The van der Waals surface area contributed by atoms with Gasteiger partial charge < -0.3 is 14.8 Å². The fourth-order valence-electron chi connectivity index (χ4n) is 2.13. The lowest BCUT2D eigenvalue weighted by Crippen LogP contribution is -2.32. The van der Waals surface area contributed by atoms with Crippen molar-refractivity contribution < 1.29 is 9.47 Å². The standard InChI is InChI=1S/C11H18N4O2/c1-11(6-4-5-7-11)15-8-12-9(16-2)14-10(13-8)17-3/h4-7H2,1-3H3,(H,12,13,14,15). The van der Waals surface area contributed by atoms with Crippen LogP contribution in [0, 0.1) is 0 Å². The van der Waals surface area contributed by atoms with Crippen LogP contribution in [0.15, 0.2) is 0 Å². The fourth-order valence-corrected chi connectivity index (χ4v) is 2.13. The molecule has 1 aliphatic rings. The van der Waals surface area contributed by atoms with Crippen LogP contribution >= 0.6 is 0 Å². The Balaban J connectivity index is 2.19. The van der Waals surface area contributed by atoms with Crippen molar-refractivity contribution in [3.8, 4) is 12.0 Å². The Kier molecular flexibility index (Phi) is 3.31. The highest BCUT2D eigenvalue weighted by Crippen LogP contribution is 2.32. The average molecular weight is 238 g/mol. The second kappa shape index (κ2) is 4.73. The van der Waals surface area contributed by atoms with E-state index < -0.39 is 0 Å². The van der Waals surface area contributed by atoms with Gasteiger partial charge in [-0.05, 0) is 19.8 Å². The van der Waals surface area contributed by atoms with Gasteiger partial charge in [-0.15, -0.1) is 4.98 Å². The van der Waals surface area contributed by atoms with Crippen LogP contribution in [-0.2, 0) is 0 Å². The smallest absolute Gasteiger partial charge is 0.324 e. The molecule has 1 fully saturated rings. The molecule has 1 N–H and O–H groups in total. The number of anilines is 1. The molecule has 2 rings (SSSR count). The lowest BCUT2D eigenvalue weighted by atomic mass is 10.0. The van der Waals surface area contributed by atoms with Crippen LogP contribution in [0.1, 0.15) is 32.6 Å². The van der Waals surface area contributed by atoms with Crippen LogP contribution in [-0.4, -0.2) is 34.7 Å². The first-order valence-electron chi connectivity index (χ1n) is 5.77. The molecule has 6 nitrogen and oxygen atoms in total. The third kappa shape index (κ3) is 2.75. The topological polar surface area (TPSA) is 69.2 Å². The monoisotopic (exact) mass is 238 g/mol. The van der Waals surface area contributed by atoms with Crippen molar-refractivity contribution in [1.82, 2.24) is 15.0 Å². The molecule has 0 unspecified atom stereocenters. The molecule has 0 spiro atoms. The maximum absolute atomic E-state index is 5.01. The minimum Gasteiger partial charge on any atom is -0.467 e. The Hall–Kier alpha value is -1.59. The third-order valence-electron chi connectivity index (χ3n) is 3.08. The van der Waals surface area contributed by atoms with E-state index in [0.717, 1.165) is 12.8 Å². The predicted octanol–water partition coefficient (Wildman–Crippen LogP) is 1.63. The molecule has 1 aromatic heterocycles. The molecule has 6 heteroatoms. The van der Waals surface area contributed by atoms with Gasteiger partial charge in [-0.2, -0.15) is 9.97 Å². The van der Waals surface area contributed by atoms with Gasteiger partial charge in [-0.1, -0.05) is 12.8 Å². The molecule has 0 aromatic carbocycles. The number of aromatic nitrogens is 3. The summed E-state index contributed by atoms with van der Waals surface area (Å²) in [6.07, 6.45) is 4.73. The number of hydrogen-bond acceptors (Lipinski definition) is 6. The van der Waals surface area contributed by atoms with Gasteiger partial charge in [0.25, 0.3) is 0 Å². The van der Waals surface area contributed by atoms with E-state index in [2.05, 4.69) is 27.2 Å². The molecule has 0 amide bonds. The molecule has 1 heterocycles. The van der Waals surface area contributed by atoms with Crippen molar-refractivity contribution in [1.29, 1.82) is 0 Å². The molecule has 94 valence electrons. The second-order valence-electron chi connectivity index (χ2n) is 4.53. The number of rotatable bonds is 4. The van der Waals surface area contributed by atoms with E-state index in [0.29, 0.717) is 5.95 Å². The largest absolute Gasteiger partial charge is 0.467 e. The van der Waals surface area contributed by atoms with Crippen molar-refractivity contribution in [3.63, 3.8) is 0 Å². The molecule has 0 atom stereocenters. The quantitative estimate of drug-likeness (QED) is 0.859. The summed E-state index contributed by atoms with van der Waals surface area (Å²) in [7, 11) is 3.05. The van der Waals surface area contributed by atoms with E-state index in [9.17, 15) is 0 Å². The molecule has 17 heavy (non-hydrogen) atoms. The number of nitrogens with zero attached hydrogens (tertiary/aromatic N) is 3. The van der Waals surface area contributed by atoms with Gasteiger partial charge in [0.2, 0.25) is 5.95 Å². The van der Waals surface area contributed by atoms with Gasteiger partial charge in [0, 0.05) is 5.54 Å². The Bertz CT molecular complexity index is 369. The van der Waals surface area contributed by atoms with E-state index in [-0.39, 0.29) is 17.6 Å². The van der Waals surface area contributed by atoms with Gasteiger partial charge in [-0.25, -0.2) is 0 Å². The maximum atomic E-state index is 5.01. The van der Waals surface area contributed by atoms with E-state index in [1.165, 1.54) is 27.1 Å². The van der Waals surface area contributed by atoms with Gasteiger partial charge in [0.05, 0.1) is 14.2 Å². The van der Waals surface area contributed by atoms with Crippen molar-refractivity contribution in [3.05, 3.63) is 0 Å². The van der Waals surface area contributed by atoms with Gasteiger partial charge in [-0.3, -0.25) is 0 Å². The van der Waals surface area contributed by atoms with Gasteiger partial charge >= 0.3 is 12.0 Å². The minimum atomic E-state index is 0.0668. The highest BCUT2D eigenvalue weighted by molar-refractivity contribution is 5.32. The SMILES string of the molecule is COc1nc(NC2(C)CCCC2)nc(OC)n1. The normalized spacial score (nSPS) is 17.8. The summed E-state index contributed by atoms with van der Waals surface area (Å²) in [6.45, 7) is 2.18. The highest BCUT2D eigenvalue weighted by atomic mass is 16.5. The van der Waals surface area contributed by atoms with E-state index in [1.807, 2.05) is 0 Å². The van der Waals surface area contributed by atoms with Crippen LogP contribution in [0.25, 0.3) is 0 Å². The van der Waals surface area contributed by atoms with Crippen LogP contribution in [0.3, 0.4) is 0 Å². The first-order chi connectivity index (χ1) is 8.15. The van der Waals surface area contributed by atoms with Crippen LogP contribution < -0.4 is 14.8 Å².